The summed E-state index contributed by atoms with van der Waals surface area (Å²) in [6.07, 6.45) is 0.369. The van der Waals surface area contributed by atoms with E-state index in [2.05, 4.69) is 29.8 Å². The molecular formula is C7H13BrO2. The lowest BCUT2D eigenvalue weighted by molar-refractivity contribution is -0.0863. The van der Waals surface area contributed by atoms with Crippen molar-refractivity contribution in [1.29, 1.82) is 0 Å². The minimum absolute atomic E-state index is 0.0110. The van der Waals surface area contributed by atoms with E-state index in [1.807, 2.05) is 0 Å². The van der Waals surface area contributed by atoms with Crippen LogP contribution in [0.2, 0.25) is 0 Å². The van der Waals surface area contributed by atoms with Crippen LogP contribution in [0.3, 0.4) is 0 Å². The fourth-order valence-corrected chi connectivity index (χ4v) is 1.71. The second-order valence-corrected chi connectivity index (χ2v) is 5.26. The highest BCUT2D eigenvalue weighted by Crippen LogP contribution is 2.35. The standard InChI is InChI=1S/C7H13BrO2/c1-7(2,8)5-3-4-10-6(5)9/h5-6,9H,3-4H2,1-2H3. The van der Waals surface area contributed by atoms with Crippen LogP contribution in [0, 0.1) is 5.92 Å². The Labute approximate surface area is 69.7 Å². The van der Waals surface area contributed by atoms with Crippen molar-refractivity contribution >= 4 is 15.9 Å². The molecule has 0 aromatic carbocycles. The van der Waals surface area contributed by atoms with Gasteiger partial charge >= 0.3 is 0 Å². The molecular weight excluding hydrogens is 196 g/mol. The molecule has 60 valence electrons. The fraction of sp³-hybridized carbons (Fsp3) is 1.00. The molecule has 1 aliphatic heterocycles. The summed E-state index contributed by atoms with van der Waals surface area (Å²) in [5.41, 5.74) is 0. The van der Waals surface area contributed by atoms with Crippen LogP contribution in [-0.4, -0.2) is 22.3 Å². The first-order valence-electron chi connectivity index (χ1n) is 3.50. The molecule has 2 unspecified atom stereocenters. The zero-order valence-corrected chi connectivity index (χ0v) is 7.89. The van der Waals surface area contributed by atoms with Crippen LogP contribution in [0.4, 0.5) is 0 Å². The van der Waals surface area contributed by atoms with Gasteiger partial charge in [0, 0.05) is 10.2 Å². The zero-order valence-electron chi connectivity index (χ0n) is 6.30. The van der Waals surface area contributed by atoms with Crippen LogP contribution < -0.4 is 0 Å². The van der Waals surface area contributed by atoms with Crippen molar-refractivity contribution in [3.05, 3.63) is 0 Å². The van der Waals surface area contributed by atoms with Gasteiger partial charge in [-0.05, 0) is 20.3 Å². The van der Waals surface area contributed by atoms with Crippen LogP contribution in [0.15, 0.2) is 0 Å². The summed E-state index contributed by atoms with van der Waals surface area (Å²) in [5.74, 6) is 0.229. The molecule has 2 atom stereocenters. The lowest BCUT2D eigenvalue weighted by atomic mass is 9.94. The first-order chi connectivity index (χ1) is 4.52. The van der Waals surface area contributed by atoms with E-state index < -0.39 is 6.29 Å². The Balaban J connectivity index is 2.55. The van der Waals surface area contributed by atoms with Crippen LogP contribution >= 0.6 is 15.9 Å². The maximum Gasteiger partial charge on any atom is 0.158 e. The third kappa shape index (κ3) is 1.71. The fourth-order valence-electron chi connectivity index (χ4n) is 1.26. The highest BCUT2D eigenvalue weighted by Gasteiger charge is 2.36. The lowest BCUT2D eigenvalue weighted by Crippen LogP contribution is -2.30. The number of aliphatic hydroxyl groups is 1. The van der Waals surface area contributed by atoms with Gasteiger partial charge in [-0.1, -0.05) is 15.9 Å². The molecule has 10 heavy (non-hydrogen) atoms. The van der Waals surface area contributed by atoms with E-state index in [4.69, 9.17) is 4.74 Å². The summed E-state index contributed by atoms with van der Waals surface area (Å²) in [4.78, 5) is 0. The normalized spacial score (nSPS) is 34.8. The Morgan fingerprint density at radius 1 is 1.60 bits per heavy atom. The molecule has 1 fully saturated rings. The minimum atomic E-state index is -0.575. The van der Waals surface area contributed by atoms with E-state index in [1.165, 1.54) is 0 Å². The lowest BCUT2D eigenvalue weighted by Gasteiger charge is -2.25. The number of alkyl halides is 1. The number of hydrogen-bond donors (Lipinski definition) is 1. The average Bonchev–Trinajstić information content (AvgIpc) is 2.11. The molecule has 0 saturated carbocycles. The Morgan fingerprint density at radius 3 is 2.40 bits per heavy atom. The molecule has 0 aromatic heterocycles. The van der Waals surface area contributed by atoms with Gasteiger partial charge < -0.3 is 9.84 Å². The molecule has 3 heteroatoms. The van der Waals surface area contributed by atoms with Crippen molar-refractivity contribution < 1.29 is 9.84 Å². The molecule has 0 amide bonds. The van der Waals surface area contributed by atoms with E-state index in [-0.39, 0.29) is 10.2 Å². The maximum absolute atomic E-state index is 9.27. The Hall–Kier alpha value is 0.400. The summed E-state index contributed by atoms with van der Waals surface area (Å²) in [6.45, 7) is 4.78. The summed E-state index contributed by atoms with van der Waals surface area (Å²) in [5, 5.41) is 9.27. The smallest absolute Gasteiger partial charge is 0.158 e. The quantitative estimate of drug-likeness (QED) is 0.663. The van der Waals surface area contributed by atoms with E-state index >= 15 is 0 Å². The van der Waals surface area contributed by atoms with Crippen molar-refractivity contribution in [2.45, 2.75) is 30.9 Å². The third-order valence-electron chi connectivity index (χ3n) is 1.94. The van der Waals surface area contributed by atoms with Crippen LogP contribution in [0.1, 0.15) is 20.3 Å². The maximum atomic E-state index is 9.27. The van der Waals surface area contributed by atoms with Gasteiger partial charge in [-0.2, -0.15) is 0 Å². The molecule has 0 aromatic rings. The Kier molecular flexibility index (Phi) is 2.38. The zero-order chi connectivity index (χ0) is 7.78. The molecule has 0 bridgehead atoms. The van der Waals surface area contributed by atoms with Gasteiger partial charge in [-0.15, -0.1) is 0 Å². The number of aliphatic hydroxyl groups excluding tert-OH is 1. The largest absolute Gasteiger partial charge is 0.368 e. The molecule has 1 N–H and O–H groups in total. The van der Waals surface area contributed by atoms with Crippen LogP contribution in [0.5, 0.6) is 0 Å². The number of ether oxygens (including phenoxy) is 1. The van der Waals surface area contributed by atoms with Gasteiger partial charge in [-0.3, -0.25) is 0 Å². The number of hydrogen-bond acceptors (Lipinski definition) is 2. The van der Waals surface area contributed by atoms with Crippen molar-refractivity contribution in [2.24, 2.45) is 5.92 Å². The molecule has 1 heterocycles. The predicted molar refractivity (Wildman–Crippen MR) is 43.1 cm³/mol. The van der Waals surface area contributed by atoms with Crippen LogP contribution in [-0.2, 0) is 4.74 Å². The predicted octanol–water partition coefficient (Wildman–Crippen LogP) is 1.51. The molecule has 0 spiro atoms. The molecule has 0 aliphatic carbocycles. The number of halogens is 1. The average molecular weight is 209 g/mol. The second kappa shape index (κ2) is 2.80. The Morgan fingerprint density at radius 2 is 2.20 bits per heavy atom. The van der Waals surface area contributed by atoms with E-state index in [9.17, 15) is 5.11 Å². The SMILES string of the molecule is CC(C)(Br)C1CCOC1O. The summed E-state index contributed by atoms with van der Waals surface area (Å²) >= 11 is 3.51. The summed E-state index contributed by atoms with van der Waals surface area (Å²) < 4.78 is 5.01. The van der Waals surface area contributed by atoms with Crippen molar-refractivity contribution in [3.8, 4) is 0 Å². The topological polar surface area (TPSA) is 29.5 Å². The van der Waals surface area contributed by atoms with E-state index in [0.717, 1.165) is 6.42 Å². The van der Waals surface area contributed by atoms with Gasteiger partial charge in [0.15, 0.2) is 6.29 Å². The molecule has 1 saturated heterocycles. The number of rotatable bonds is 1. The molecule has 1 rings (SSSR count). The highest BCUT2D eigenvalue weighted by atomic mass is 79.9. The van der Waals surface area contributed by atoms with Crippen molar-refractivity contribution in [3.63, 3.8) is 0 Å². The minimum Gasteiger partial charge on any atom is -0.368 e. The molecule has 0 radical (unpaired) electrons. The first-order valence-corrected chi connectivity index (χ1v) is 4.29. The van der Waals surface area contributed by atoms with Crippen molar-refractivity contribution in [1.82, 2.24) is 0 Å². The Bertz CT molecular complexity index is 119. The summed E-state index contributed by atoms with van der Waals surface area (Å²) in [7, 11) is 0. The van der Waals surface area contributed by atoms with Gasteiger partial charge in [0.25, 0.3) is 0 Å². The molecule has 2 nitrogen and oxygen atoms in total. The van der Waals surface area contributed by atoms with E-state index in [0.29, 0.717) is 6.61 Å². The van der Waals surface area contributed by atoms with E-state index in [1.54, 1.807) is 0 Å². The highest BCUT2D eigenvalue weighted by molar-refractivity contribution is 9.10. The van der Waals surface area contributed by atoms with Gasteiger partial charge in [0.05, 0.1) is 6.61 Å². The van der Waals surface area contributed by atoms with Crippen molar-refractivity contribution in [2.75, 3.05) is 6.61 Å². The van der Waals surface area contributed by atoms with Crippen LogP contribution in [0.25, 0.3) is 0 Å². The van der Waals surface area contributed by atoms with Gasteiger partial charge in [-0.25, -0.2) is 0 Å². The second-order valence-electron chi connectivity index (χ2n) is 3.22. The summed E-state index contributed by atoms with van der Waals surface area (Å²) in [6, 6.07) is 0. The van der Waals surface area contributed by atoms with Gasteiger partial charge in [0.1, 0.15) is 0 Å². The van der Waals surface area contributed by atoms with Gasteiger partial charge in [0.2, 0.25) is 0 Å². The first kappa shape index (κ1) is 8.50. The molecule has 1 aliphatic rings. The third-order valence-corrected chi connectivity index (χ3v) is 2.53. The monoisotopic (exact) mass is 208 g/mol.